The molecule has 0 atom stereocenters. The fraction of sp³-hybridized carbons (Fsp3) is 0.357. The van der Waals surface area contributed by atoms with Gasteiger partial charge in [0.25, 0.3) is 0 Å². The summed E-state index contributed by atoms with van der Waals surface area (Å²) in [4.78, 5) is 2.23. The Morgan fingerprint density at radius 2 is 2.17 bits per heavy atom. The number of benzene rings is 1. The van der Waals surface area contributed by atoms with Gasteiger partial charge in [0.15, 0.2) is 5.82 Å². The molecule has 0 aliphatic heterocycles. The zero-order chi connectivity index (χ0) is 12.4. The van der Waals surface area contributed by atoms with E-state index in [-0.39, 0.29) is 0 Å². The van der Waals surface area contributed by atoms with Crippen molar-refractivity contribution in [2.45, 2.75) is 25.3 Å². The molecular weight excluding hydrogens is 224 g/mol. The van der Waals surface area contributed by atoms with Crippen LogP contribution in [-0.2, 0) is 0 Å². The monoisotopic (exact) mass is 238 g/mol. The van der Waals surface area contributed by atoms with Gasteiger partial charge in [0.1, 0.15) is 0 Å². The van der Waals surface area contributed by atoms with E-state index in [9.17, 15) is 0 Å². The quantitative estimate of drug-likeness (QED) is 0.821. The maximum absolute atomic E-state index is 8.76. The van der Waals surface area contributed by atoms with E-state index in [0.717, 1.165) is 23.1 Å². The van der Waals surface area contributed by atoms with Crippen LogP contribution in [0.1, 0.15) is 19.3 Å². The smallest absolute Gasteiger partial charge is 0.159 e. The first kappa shape index (κ1) is 11.0. The van der Waals surface area contributed by atoms with Gasteiger partial charge in [-0.25, -0.2) is 0 Å². The SMILES string of the molecule is N#CCCN(c1nncc2ccccc12)C1CC1. The molecule has 0 radical (unpaired) electrons. The minimum absolute atomic E-state index is 0.529. The number of aromatic nitrogens is 2. The van der Waals surface area contributed by atoms with Crippen LogP contribution in [0.2, 0.25) is 0 Å². The minimum atomic E-state index is 0.529. The molecule has 90 valence electrons. The molecular formula is C14H14N4. The highest BCUT2D eigenvalue weighted by Crippen LogP contribution is 2.33. The molecule has 0 amide bonds. The van der Waals surface area contributed by atoms with Crippen molar-refractivity contribution in [2.75, 3.05) is 11.4 Å². The average Bonchev–Trinajstić information content (AvgIpc) is 3.24. The van der Waals surface area contributed by atoms with Crippen molar-refractivity contribution in [3.8, 4) is 6.07 Å². The van der Waals surface area contributed by atoms with E-state index in [1.165, 1.54) is 12.8 Å². The molecule has 0 spiro atoms. The summed E-state index contributed by atoms with van der Waals surface area (Å²) in [5.74, 6) is 0.922. The van der Waals surface area contributed by atoms with Crippen LogP contribution >= 0.6 is 0 Å². The standard InChI is InChI=1S/C14H14N4/c15-8-3-9-18(12-6-7-12)14-13-5-2-1-4-11(13)10-16-17-14/h1-2,4-5,10,12H,3,6-7,9H2. The summed E-state index contributed by atoms with van der Waals surface area (Å²) in [6.45, 7) is 0.740. The molecule has 2 aromatic rings. The number of nitrogens with zero attached hydrogens (tertiary/aromatic N) is 4. The van der Waals surface area contributed by atoms with Crippen LogP contribution in [0.5, 0.6) is 0 Å². The molecule has 4 nitrogen and oxygen atoms in total. The fourth-order valence-corrected chi connectivity index (χ4v) is 2.24. The molecule has 0 N–H and O–H groups in total. The summed E-state index contributed by atoms with van der Waals surface area (Å²) >= 11 is 0. The van der Waals surface area contributed by atoms with Gasteiger partial charge in [0.05, 0.1) is 18.7 Å². The molecule has 1 aliphatic rings. The lowest BCUT2D eigenvalue weighted by atomic mass is 10.2. The lowest BCUT2D eigenvalue weighted by molar-refractivity contribution is 0.770. The van der Waals surface area contributed by atoms with Crippen molar-refractivity contribution < 1.29 is 0 Å². The van der Waals surface area contributed by atoms with Crippen LogP contribution in [0.25, 0.3) is 10.8 Å². The minimum Gasteiger partial charge on any atom is -0.351 e. The van der Waals surface area contributed by atoms with Gasteiger partial charge in [-0.15, -0.1) is 5.10 Å². The topological polar surface area (TPSA) is 52.8 Å². The first-order chi connectivity index (χ1) is 8.90. The third kappa shape index (κ3) is 2.00. The maximum Gasteiger partial charge on any atom is 0.159 e. The zero-order valence-electron chi connectivity index (χ0n) is 10.1. The van der Waals surface area contributed by atoms with E-state index in [0.29, 0.717) is 12.5 Å². The predicted molar refractivity (Wildman–Crippen MR) is 70.1 cm³/mol. The highest BCUT2D eigenvalue weighted by molar-refractivity contribution is 5.91. The van der Waals surface area contributed by atoms with Crippen molar-refractivity contribution in [3.63, 3.8) is 0 Å². The van der Waals surface area contributed by atoms with E-state index in [1.807, 2.05) is 18.2 Å². The summed E-state index contributed by atoms with van der Waals surface area (Å²) < 4.78 is 0. The lowest BCUT2D eigenvalue weighted by Gasteiger charge is -2.22. The number of anilines is 1. The first-order valence-electron chi connectivity index (χ1n) is 6.24. The van der Waals surface area contributed by atoms with Crippen molar-refractivity contribution in [1.29, 1.82) is 5.26 Å². The van der Waals surface area contributed by atoms with Crippen LogP contribution in [0.4, 0.5) is 5.82 Å². The van der Waals surface area contributed by atoms with Crippen LogP contribution in [0.3, 0.4) is 0 Å². The van der Waals surface area contributed by atoms with Gasteiger partial charge in [-0.2, -0.15) is 10.4 Å². The zero-order valence-corrected chi connectivity index (χ0v) is 10.1. The molecule has 1 aromatic heterocycles. The molecule has 1 aromatic carbocycles. The number of hydrogen-bond acceptors (Lipinski definition) is 4. The van der Waals surface area contributed by atoms with Gasteiger partial charge in [-0.3, -0.25) is 0 Å². The summed E-state index contributed by atoms with van der Waals surface area (Å²) in [7, 11) is 0. The summed E-state index contributed by atoms with van der Waals surface area (Å²) in [5.41, 5.74) is 0. The van der Waals surface area contributed by atoms with E-state index in [4.69, 9.17) is 5.26 Å². The Labute approximate surface area is 106 Å². The Bertz CT molecular complexity index is 593. The molecule has 4 heteroatoms. The lowest BCUT2D eigenvalue weighted by Crippen LogP contribution is -2.28. The molecule has 1 heterocycles. The number of fused-ring (bicyclic) bond motifs is 1. The average molecular weight is 238 g/mol. The molecule has 1 fully saturated rings. The van der Waals surface area contributed by atoms with Crippen molar-refractivity contribution >= 4 is 16.6 Å². The number of nitriles is 1. The fourth-order valence-electron chi connectivity index (χ4n) is 2.24. The van der Waals surface area contributed by atoms with Gasteiger partial charge in [-0.05, 0) is 12.8 Å². The second kappa shape index (κ2) is 4.61. The number of rotatable bonds is 4. The van der Waals surface area contributed by atoms with Crippen molar-refractivity contribution in [3.05, 3.63) is 30.5 Å². The predicted octanol–water partition coefficient (Wildman–Crippen LogP) is 2.51. The third-order valence-corrected chi connectivity index (χ3v) is 3.28. The van der Waals surface area contributed by atoms with E-state index < -0.39 is 0 Å². The molecule has 18 heavy (non-hydrogen) atoms. The highest BCUT2D eigenvalue weighted by Gasteiger charge is 2.30. The second-order valence-electron chi connectivity index (χ2n) is 4.59. The molecule has 0 unspecified atom stereocenters. The maximum atomic E-state index is 8.76. The Morgan fingerprint density at radius 1 is 1.33 bits per heavy atom. The summed E-state index contributed by atoms with van der Waals surface area (Å²) in [6, 6.07) is 10.9. The van der Waals surface area contributed by atoms with Gasteiger partial charge >= 0.3 is 0 Å². The van der Waals surface area contributed by atoms with Gasteiger partial charge in [0, 0.05) is 23.4 Å². The van der Waals surface area contributed by atoms with Crippen molar-refractivity contribution in [2.24, 2.45) is 0 Å². The molecule has 0 bridgehead atoms. The van der Waals surface area contributed by atoms with Crippen molar-refractivity contribution in [1.82, 2.24) is 10.2 Å². The Hall–Kier alpha value is -2.15. The number of hydrogen-bond donors (Lipinski definition) is 0. The highest BCUT2D eigenvalue weighted by atomic mass is 15.3. The van der Waals surface area contributed by atoms with Gasteiger partial charge in [0.2, 0.25) is 0 Å². The van der Waals surface area contributed by atoms with E-state index in [2.05, 4.69) is 27.2 Å². The summed E-state index contributed by atoms with van der Waals surface area (Å²) in [5, 5.41) is 19.4. The first-order valence-corrected chi connectivity index (χ1v) is 6.24. The second-order valence-corrected chi connectivity index (χ2v) is 4.59. The largest absolute Gasteiger partial charge is 0.351 e. The van der Waals surface area contributed by atoms with Gasteiger partial charge < -0.3 is 4.90 Å². The third-order valence-electron chi connectivity index (χ3n) is 3.28. The molecule has 3 rings (SSSR count). The normalized spacial score (nSPS) is 14.4. The molecule has 1 aliphatic carbocycles. The van der Waals surface area contributed by atoms with E-state index >= 15 is 0 Å². The molecule has 0 saturated heterocycles. The molecule has 1 saturated carbocycles. The van der Waals surface area contributed by atoms with Crippen LogP contribution in [0, 0.1) is 11.3 Å². The Kier molecular flexibility index (Phi) is 2.81. The van der Waals surface area contributed by atoms with Crippen LogP contribution in [-0.4, -0.2) is 22.8 Å². The summed E-state index contributed by atoms with van der Waals surface area (Å²) in [6.07, 6.45) is 4.70. The van der Waals surface area contributed by atoms with E-state index in [1.54, 1.807) is 6.20 Å². The van der Waals surface area contributed by atoms with Crippen LogP contribution in [0.15, 0.2) is 30.5 Å². The van der Waals surface area contributed by atoms with Crippen LogP contribution < -0.4 is 4.90 Å². The Balaban J connectivity index is 2.03. The Morgan fingerprint density at radius 3 is 2.94 bits per heavy atom. The van der Waals surface area contributed by atoms with Gasteiger partial charge in [-0.1, -0.05) is 24.3 Å².